The standard InChI is InChI=1S/C12H17NOS/c1-8(2)9(3)13-5-4-11-10(7-13)6-12(14)15-11/h6,8,11H,3-5,7H2,1-2H3. The van der Waals surface area contributed by atoms with Gasteiger partial charge in [-0.25, -0.2) is 0 Å². The molecule has 0 radical (unpaired) electrons. The van der Waals surface area contributed by atoms with Crippen LogP contribution in [0.1, 0.15) is 20.3 Å². The highest BCUT2D eigenvalue weighted by atomic mass is 32.2. The van der Waals surface area contributed by atoms with Crippen molar-refractivity contribution in [3.8, 4) is 0 Å². The molecule has 0 N–H and O–H groups in total. The molecular formula is C12H17NOS. The zero-order valence-electron chi connectivity index (χ0n) is 9.32. The Morgan fingerprint density at radius 2 is 2.40 bits per heavy atom. The van der Waals surface area contributed by atoms with Gasteiger partial charge < -0.3 is 4.90 Å². The van der Waals surface area contributed by atoms with E-state index in [9.17, 15) is 4.79 Å². The summed E-state index contributed by atoms with van der Waals surface area (Å²) in [6.45, 7) is 10.4. The Kier molecular flexibility index (Phi) is 2.91. The van der Waals surface area contributed by atoms with E-state index in [2.05, 4.69) is 25.3 Å². The summed E-state index contributed by atoms with van der Waals surface area (Å²) >= 11 is 1.48. The summed E-state index contributed by atoms with van der Waals surface area (Å²) < 4.78 is 0. The van der Waals surface area contributed by atoms with E-state index in [4.69, 9.17) is 0 Å². The summed E-state index contributed by atoms with van der Waals surface area (Å²) in [6, 6.07) is 0. The van der Waals surface area contributed by atoms with Crippen LogP contribution in [0.2, 0.25) is 0 Å². The molecule has 1 unspecified atom stereocenters. The number of rotatable bonds is 2. The topological polar surface area (TPSA) is 20.3 Å². The molecule has 0 aromatic rings. The predicted molar refractivity (Wildman–Crippen MR) is 64.6 cm³/mol. The van der Waals surface area contributed by atoms with Gasteiger partial charge in [0.05, 0.1) is 0 Å². The van der Waals surface area contributed by atoms with E-state index < -0.39 is 0 Å². The molecule has 0 spiro atoms. The predicted octanol–water partition coefficient (Wildman–Crippen LogP) is 2.43. The number of fused-ring (bicyclic) bond motifs is 1. The van der Waals surface area contributed by atoms with Gasteiger partial charge in [-0.3, -0.25) is 4.79 Å². The van der Waals surface area contributed by atoms with Crippen molar-refractivity contribution < 1.29 is 4.79 Å². The average molecular weight is 223 g/mol. The van der Waals surface area contributed by atoms with Crippen LogP contribution in [0.5, 0.6) is 0 Å². The first-order valence-corrected chi connectivity index (χ1v) is 6.30. The largest absolute Gasteiger partial charge is 0.371 e. The normalized spacial score (nSPS) is 25.5. The van der Waals surface area contributed by atoms with Crippen LogP contribution in [-0.2, 0) is 4.79 Å². The molecule has 82 valence electrons. The van der Waals surface area contributed by atoms with E-state index in [1.807, 2.05) is 6.08 Å². The van der Waals surface area contributed by atoms with Gasteiger partial charge in [-0.2, -0.15) is 0 Å². The Bertz CT molecular complexity index is 333. The Morgan fingerprint density at radius 3 is 3.07 bits per heavy atom. The van der Waals surface area contributed by atoms with Gasteiger partial charge in [-0.05, 0) is 24.0 Å². The minimum Gasteiger partial charge on any atom is -0.371 e. The zero-order valence-corrected chi connectivity index (χ0v) is 10.1. The van der Waals surface area contributed by atoms with Gasteiger partial charge >= 0.3 is 0 Å². The van der Waals surface area contributed by atoms with E-state index in [1.165, 1.54) is 23.0 Å². The van der Waals surface area contributed by atoms with Gasteiger partial charge in [0.15, 0.2) is 0 Å². The molecule has 2 heterocycles. The van der Waals surface area contributed by atoms with E-state index in [0.717, 1.165) is 19.5 Å². The number of carbonyl (C=O) groups is 1. The van der Waals surface area contributed by atoms with Crippen molar-refractivity contribution >= 4 is 16.9 Å². The molecule has 0 aromatic carbocycles. The third-order valence-electron chi connectivity index (χ3n) is 3.08. The highest BCUT2D eigenvalue weighted by Gasteiger charge is 2.31. The molecule has 0 aromatic heterocycles. The monoisotopic (exact) mass is 223 g/mol. The van der Waals surface area contributed by atoms with Gasteiger partial charge in [0.25, 0.3) is 0 Å². The Balaban J connectivity index is 2.06. The maximum absolute atomic E-state index is 11.3. The molecule has 2 nitrogen and oxygen atoms in total. The fourth-order valence-corrected chi connectivity index (χ4v) is 3.09. The molecule has 1 fully saturated rings. The van der Waals surface area contributed by atoms with Crippen LogP contribution in [-0.4, -0.2) is 28.4 Å². The first-order valence-electron chi connectivity index (χ1n) is 5.42. The van der Waals surface area contributed by atoms with E-state index >= 15 is 0 Å². The molecule has 1 atom stereocenters. The number of allylic oxidation sites excluding steroid dienone is 1. The highest BCUT2D eigenvalue weighted by Crippen LogP contribution is 2.35. The Morgan fingerprint density at radius 1 is 1.67 bits per heavy atom. The second kappa shape index (κ2) is 4.05. The second-order valence-electron chi connectivity index (χ2n) is 4.50. The van der Waals surface area contributed by atoms with E-state index in [0.29, 0.717) is 11.2 Å². The SMILES string of the molecule is C=C(C(C)C)N1CCC2SC(=O)C=C2C1. The molecule has 15 heavy (non-hydrogen) atoms. The molecule has 0 aliphatic carbocycles. The van der Waals surface area contributed by atoms with Gasteiger partial charge in [0, 0.05) is 24.0 Å². The molecule has 0 saturated carbocycles. The van der Waals surface area contributed by atoms with Crippen molar-refractivity contribution in [1.82, 2.24) is 4.90 Å². The number of carbonyl (C=O) groups excluding carboxylic acids is 1. The number of hydrogen-bond acceptors (Lipinski definition) is 3. The number of hydrogen-bond donors (Lipinski definition) is 0. The summed E-state index contributed by atoms with van der Waals surface area (Å²) in [7, 11) is 0. The van der Waals surface area contributed by atoms with Crippen LogP contribution in [0.4, 0.5) is 0 Å². The Hall–Kier alpha value is -0.700. The number of thioether (sulfide) groups is 1. The van der Waals surface area contributed by atoms with Crippen molar-refractivity contribution in [3.63, 3.8) is 0 Å². The van der Waals surface area contributed by atoms with Gasteiger partial charge in [-0.1, -0.05) is 32.2 Å². The minimum absolute atomic E-state index is 0.229. The summed E-state index contributed by atoms with van der Waals surface area (Å²) in [5, 5.41) is 0.681. The average Bonchev–Trinajstić information content (AvgIpc) is 2.55. The number of likely N-dealkylation sites (tertiary alicyclic amines) is 1. The second-order valence-corrected chi connectivity index (χ2v) is 5.71. The zero-order chi connectivity index (χ0) is 11.0. The molecule has 2 rings (SSSR count). The van der Waals surface area contributed by atoms with E-state index in [1.54, 1.807) is 0 Å². The van der Waals surface area contributed by atoms with Crippen LogP contribution < -0.4 is 0 Å². The van der Waals surface area contributed by atoms with Crippen LogP contribution in [0.3, 0.4) is 0 Å². The third-order valence-corrected chi connectivity index (χ3v) is 4.26. The quantitative estimate of drug-likeness (QED) is 0.717. The van der Waals surface area contributed by atoms with Crippen LogP contribution in [0.15, 0.2) is 23.9 Å². The molecule has 2 aliphatic heterocycles. The molecule has 0 bridgehead atoms. The molecule has 2 aliphatic rings. The van der Waals surface area contributed by atoms with Crippen LogP contribution in [0.25, 0.3) is 0 Å². The third kappa shape index (κ3) is 2.12. The van der Waals surface area contributed by atoms with E-state index in [-0.39, 0.29) is 5.12 Å². The lowest BCUT2D eigenvalue weighted by Gasteiger charge is -2.35. The molecule has 1 saturated heterocycles. The first kappa shape index (κ1) is 10.8. The molecular weight excluding hydrogens is 206 g/mol. The fourth-order valence-electron chi connectivity index (χ4n) is 2.07. The van der Waals surface area contributed by atoms with Crippen molar-refractivity contribution in [2.75, 3.05) is 13.1 Å². The summed E-state index contributed by atoms with van der Waals surface area (Å²) in [4.78, 5) is 13.6. The Labute approximate surface area is 95.4 Å². The fraction of sp³-hybridized carbons (Fsp3) is 0.583. The summed E-state index contributed by atoms with van der Waals surface area (Å²) in [6.07, 6.45) is 2.89. The minimum atomic E-state index is 0.229. The van der Waals surface area contributed by atoms with Crippen LogP contribution >= 0.6 is 11.8 Å². The van der Waals surface area contributed by atoms with Gasteiger partial charge in [0.2, 0.25) is 5.12 Å². The van der Waals surface area contributed by atoms with Crippen molar-refractivity contribution in [2.24, 2.45) is 5.92 Å². The summed E-state index contributed by atoms with van der Waals surface area (Å²) in [5.41, 5.74) is 2.48. The maximum atomic E-state index is 11.3. The number of nitrogens with zero attached hydrogens (tertiary/aromatic N) is 1. The van der Waals surface area contributed by atoms with Crippen molar-refractivity contribution in [2.45, 2.75) is 25.5 Å². The highest BCUT2D eigenvalue weighted by molar-refractivity contribution is 8.15. The first-order chi connectivity index (χ1) is 7.08. The molecule has 0 amide bonds. The maximum Gasteiger partial charge on any atom is 0.212 e. The van der Waals surface area contributed by atoms with Crippen molar-refractivity contribution in [3.05, 3.63) is 23.9 Å². The smallest absolute Gasteiger partial charge is 0.212 e. The number of piperidine rings is 1. The summed E-state index contributed by atoms with van der Waals surface area (Å²) in [5.74, 6) is 0.493. The lowest BCUT2D eigenvalue weighted by molar-refractivity contribution is -0.106. The van der Waals surface area contributed by atoms with Gasteiger partial charge in [-0.15, -0.1) is 0 Å². The lowest BCUT2D eigenvalue weighted by atomic mass is 10.0. The lowest BCUT2D eigenvalue weighted by Crippen LogP contribution is -2.36. The molecule has 3 heteroatoms. The van der Waals surface area contributed by atoms with Gasteiger partial charge in [0.1, 0.15) is 0 Å². The van der Waals surface area contributed by atoms with Crippen LogP contribution in [0, 0.1) is 5.92 Å². The van der Waals surface area contributed by atoms with Crippen molar-refractivity contribution in [1.29, 1.82) is 0 Å².